The largest absolute Gasteiger partial charge is 0.339 e. The standard InChI is InChI=1S/C13H26N2O/c1-3-11-15(12-4-2)13(16)9-7-5-6-8-10-14/h3H,1,4-12,14H2,2H3. The molecule has 0 aliphatic heterocycles. The molecule has 0 aliphatic carbocycles. The summed E-state index contributed by atoms with van der Waals surface area (Å²) in [6.45, 7) is 8.04. The number of amides is 1. The van der Waals surface area contributed by atoms with Gasteiger partial charge in [-0.25, -0.2) is 0 Å². The number of unbranched alkanes of at least 4 members (excludes halogenated alkanes) is 3. The number of hydrogen-bond acceptors (Lipinski definition) is 2. The van der Waals surface area contributed by atoms with Crippen molar-refractivity contribution in [3.8, 4) is 0 Å². The van der Waals surface area contributed by atoms with Crippen LogP contribution < -0.4 is 5.73 Å². The lowest BCUT2D eigenvalue weighted by atomic mass is 10.1. The predicted octanol–water partition coefficient (Wildman–Crippen LogP) is 2.32. The Morgan fingerprint density at radius 1 is 1.31 bits per heavy atom. The van der Waals surface area contributed by atoms with Gasteiger partial charge in [-0.1, -0.05) is 25.8 Å². The van der Waals surface area contributed by atoms with Crippen molar-refractivity contribution in [2.24, 2.45) is 5.73 Å². The average Bonchev–Trinajstić information content (AvgIpc) is 2.28. The molecule has 3 nitrogen and oxygen atoms in total. The molecule has 0 aromatic heterocycles. The highest BCUT2D eigenvalue weighted by Crippen LogP contribution is 2.05. The molecule has 2 N–H and O–H groups in total. The summed E-state index contributed by atoms with van der Waals surface area (Å²) in [6.07, 6.45) is 7.76. The number of carbonyl (C=O) groups is 1. The summed E-state index contributed by atoms with van der Waals surface area (Å²) in [4.78, 5) is 13.7. The van der Waals surface area contributed by atoms with Gasteiger partial charge in [0.2, 0.25) is 5.91 Å². The molecule has 1 amide bonds. The van der Waals surface area contributed by atoms with E-state index >= 15 is 0 Å². The molecule has 0 fully saturated rings. The first-order valence-electron chi connectivity index (χ1n) is 6.35. The van der Waals surface area contributed by atoms with Gasteiger partial charge >= 0.3 is 0 Å². The molecule has 0 heterocycles. The predicted molar refractivity (Wildman–Crippen MR) is 69.2 cm³/mol. The lowest BCUT2D eigenvalue weighted by Crippen LogP contribution is -2.31. The number of nitrogens with two attached hydrogens (primary N) is 1. The zero-order valence-electron chi connectivity index (χ0n) is 10.6. The van der Waals surface area contributed by atoms with Crippen LogP contribution in [0.5, 0.6) is 0 Å². The Hall–Kier alpha value is -0.830. The third kappa shape index (κ3) is 7.46. The Bertz CT molecular complexity index is 192. The smallest absolute Gasteiger partial charge is 0.222 e. The summed E-state index contributed by atoms with van der Waals surface area (Å²) >= 11 is 0. The van der Waals surface area contributed by atoms with E-state index in [9.17, 15) is 4.79 Å². The molecule has 0 bridgehead atoms. The summed E-state index contributed by atoms with van der Waals surface area (Å²) < 4.78 is 0. The van der Waals surface area contributed by atoms with Crippen LogP contribution in [-0.4, -0.2) is 30.4 Å². The number of carbonyl (C=O) groups excluding carboxylic acids is 1. The van der Waals surface area contributed by atoms with E-state index < -0.39 is 0 Å². The second kappa shape index (κ2) is 10.7. The van der Waals surface area contributed by atoms with E-state index in [0.29, 0.717) is 13.0 Å². The molecule has 0 radical (unpaired) electrons. The summed E-state index contributed by atoms with van der Waals surface area (Å²) in [5.74, 6) is 0.259. The van der Waals surface area contributed by atoms with E-state index in [4.69, 9.17) is 5.73 Å². The molecule has 0 rings (SSSR count). The lowest BCUT2D eigenvalue weighted by molar-refractivity contribution is -0.130. The van der Waals surface area contributed by atoms with Crippen molar-refractivity contribution < 1.29 is 4.79 Å². The summed E-state index contributed by atoms with van der Waals surface area (Å²) in [5, 5.41) is 0. The van der Waals surface area contributed by atoms with Gasteiger partial charge in [-0.05, 0) is 25.8 Å². The first-order valence-corrected chi connectivity index (χ1v) is 6.35. The zero-order valence-corrected chi connectivity index (χ0v) is 10.6. The molecule has 94 valence electrons. The molecule has 0 unspecified atom stereocenters. The highest BCUT2D eigenvalue weighted by atomic mass is 16.2. The first-order chi connectivity index (χ1) is 7.76. The van der Waals surface area contributed by atoms with Crippen LogP contribution in [0.15, 0.2) is 12.7 Å². The van der Waals surface area contributed by atoms with E-state index in [1.54, 1.807) is 6.08 Å². The number of hydrogen-bond donors (Lipinski definition) is 1. The minimum atomic E-state index is 0.259. The fourth-order valence-electron chi connectivity index (χ4n) is 1.68. The normalized spacial score (nSPS) is 10.1. The van der Waals surface area contributed by atoms with Crippen LogP contribution in [0.25, 0.3) is 0 Å². The number of rotatable bonds is 10. The van der Waals surface area contributed by atoms with Crippen molar-refractivity contribution in [2.75, 3.05) is 19.6 Å². The topological polar surface area (TPSA) is 46.3 Å². The molecule has 0 aliphatic rings. The van der Waals surface area contributed by atoms with Crippen LogP contribution in [0.4, 0.5) is 0 Å². The van der Waals surface area contributed by atoms with E-state index in [1.807, 2.05) is 4.90 Å². The van der Waals surface area contributed by atoms with Crippen LogP contribution in [0.1, 0.15) is 45.4 Å². The Morgan fingerprint density at radius 3 is 2.56 bits per heavy atom. The zero-order chi connectivity index (χ0) is 12.2. The van der Waals surface area contributed by atoms with Crippen molar-refractivity contribution in [3.05, 3.63) is 12.7 Å². The monoisotopic (exact) mass is 226 g/mol. The van der Waals surface area contributed by atoms with Crippen LogP contribution in [-0.2, 0) is 4.79 Å². The maximum absolute atomic E-state index is 11.8. The summed E-state index contributed by atoms with van der Waals surface area (Å²) in [6, 6.07) is 0. The van der Waals surface area contributed by atoms with Crippen LogP contribution in [0.2, 0.25) is 0 Å². The molecule has 0 aromatic carbocycles. The van der Waals surface area contributed by atoms with Crippen LogP contribution in [0, 0.1) is 0 Å². The van der Waals surface area contributed by atoms with E-state index in [1.165, 1.54) is 0 Å². The maximum Gasteiger partial charge on any atom is 0.222 e. The highest BCUT2D eigenvalue weighted by molar-refractivity contribution is 5.76. The minimum absolute atomic E-state index is 0.259. The van der Waals surface area contributed by atoms with Gasteiger partial charge in [-0.2, -0.15) is 0 Å². The molecule has 0 spiro atoms. The van der Waals surface area contributed by atoms with Gasteiger partial charge in [0.05, 0.1) is 0 Å². The molecular formula is C13H26N2O. The van der Waals surface area contributed by atoms with Crippen molar-refractivity contribution in [1.29, 1.82) is 0 Å². The molecule has 3 heteroatoms. The summed E-state index contributed by atoms with van der Waals surface area (Å²) in [5.41, 5.74) is 5.41. The molecule has 0 saturated carbocycles. The average molecular weight is 226 g/mol. The Labute approximate surface area is 99.7 Å². The van der Waals surface area contributed by atoms with Crippen molar-refractivity contribution in [1.82, 2.24) is 4.90 Å². The summed E-state index contributed by atoms with van der Waals surface area (Å²) in [7, 11) is 0. The third-order valence-corrected chi connectivity index (χ3v) is 2.54. The Kier molecular flexibility index (Phi) is 10.1. The van der Waals surface area contributed by atoms with Gasteiger partial charge in [0.15, 0.2) is 0 Å². The van der Waals surface area contributed by atoms with E-state index in [0.717, 1.165) is 45.2 Å². The van der Waals surface area contributed by atoms with E-state index in [-0.39, 0.29) is 5.91 Å². The van der Waals surface area contributed by atoms with Crippen LogP contribution >= 0.6 is 0 Å². The molecular weight excluding hydrogens is 200 g/mol. The number of nitrogens with zero attached hydrogens (tertiary/aromatic N) is 1. The molecule has 0 saturated heterocycles. The SMILES string of the molecule is C=CCN(CCC)C(=O)CCCCCCN. The second-order valence-electron chi connectivity index (χ2n) is 4.08. The Balaban J connectivity index is 3.69. The highest BCUT2D eigenvalue weighted by Gasteiger charge is 2.09. The quantitative estimate of drug-likeness (QED) is 0.459. The van der Waals surface area contributed by atoms with E-state index in [2.05, 4.69) is 13.5 Å². The van der Waals surface area contributed by atoms with Gasteiger partial charge in [0.25, 0.3) is 0 Å². The van der Waals surface area contributed by atoms with Gasteiger partial charge < -0.3 is 10.6 Å². The minimum Gasteiger partial charge on any atom is -0.339 e. The first kappa shape index (κ1) is 15.2. The molecule has 0 aromatic rings. The third-order valence-electron chi connectivity index (χ3n) is 2.54. The van der Waals surface area contributed by atoms with Crippen LogP contribution in [0.3, 0.4) is 0 Å². The molecule has 0 atom stereocenters. The fraction of sp³-hybridized carbons (Fsp3) is 0.769. The van der Waals surface area contributed by atoms with Crippen molar-refractivity contribution in [3.63, 3.8) is 0 Å². The van der Waals surface area contributed by atoms with Crippen molar-refractivity contribution in [2.45, 2.75) is 45.4 Å². The molecule has 16 heavy (non-hydrogen) atoms. The lowest BCUT2D eigenvalue weighted by Gasteiger charge is -2.20. The van der Waals surface area contributed by atoms with Crippen molar-refractivity contribution >= 4 is 5.91 Å². The Morgan fingerprint density at radius 2 is 2.00 bits per heavy atom. The van der Waals surface area contributed by atoms with Gasteiger partial charge in [-0.3, -0.25) is 4.79 Å². The van der Waals surface area contributed by atoms with Gasteiger partial charge in [0, 0.05) is 19.5 Å². The fourth-order valence-corrected chi connectivity index (χ4v) is 1.68. The van der Waals surface area contributed by atoms with Gasteiger partial charge in [-0.15, -0.1) is 6.58 Å². The van der Waals surface area contributed by atoms with Gasteiger partial charge in [0.1, 0.15) is 0 Å². The second-order valence-corrected chi connectivity index (χ2v) is 4.08. The maximum atomic E-state index is 11.8.